The van der Waals surface area contributed by atoms with Crippen LogP contribution < -0.4 is 0 Å². The van der Waals surface area contributed by atoms with Gasteiger partial charge in [0.15, 0.2) is 0 Å². The lowest BCUT2D eigenvalue weighted by atomic mass is 9.98. The molecule has 0 fully saturated rings. The summed E-state index contributed by atoms with van der Waals surface area (Å²) in [5, 5.41) is 0. The molecule has 0 heterocycles. The molecule has 0 aliphatic heterocycles. The molecule has 0 spiro atoms. The van der Waals surface area contributed by atoms with Crippen LogP contribution in [-0.4, -0.2) is 26.3 Å². The average molecular weight is 182 g/mol. The lowest BCUT2D eigenvalue weighted by Gasteiger charge is -2.16. The van der Waals surface area contributed by atoms with E-state index >= 15 is 0 Å². The number of hydrogen-bond donors (Lipinski definition) is 0. The molecule has 0 N–H and O–H groups in total. The van der Waals surface area contributed by atoms with E-state index in [4.69, 9.17) is 4.74 Å². The monoisotopic (exact) mass is 182 g/mol. The van der Waals surface area contributed by atoms with Crippen LogP contribution in [0.15, 0.2) is 23.8 Å². The summed E-state index contributed by atoms with van der Waals surface area (Å²) in [6.07, 6.45) is 7.25. The van der Waals surface area contributed by atoms with E-state index in [9.17, 15) is 4.79 Å². The highest BCUT2D eigenvalue weighted by molar-refractivity contribution is 5.82. The molecule has 0 aromatic heterocycles. The van der Waals surface area contributed by atoms with E-state index in [0.717, 1.165) is 18.4 Å². The van der Waals surface area contributed by atoms with Crippen LogP contribution in [0.25, 0.3) is 0 Å². The first-order valence-corrected chi connectivity index (χ1v) is 4.23. The molecule has 0 aromatic carbocycles. The SMILES string of the molecule is COC(=O)/C=C1\CC=CC(OC)C1. The second-order valence-corrected chi connectivity index (χ2v) is 2.94. The van der Waals surface area contributed by atoms with E-state index in [1.807, 2.05) is 12.2 Å². The molecule has 1 rings (SSSR count). The van der Waals surface area contributed by atoms with Crippen molar-refractivity contribution in [1.82, 2.24) is 0 Å². The van der Waals surface area contributed by atoms with Crippen LogP contribution in [0.4, 0.5) is 0 Å². The molecular formula is C10H14O3. The summed E-state index contributed by atoms with van der Waals surface area (Å²) in [5.41, 5.74) is 1.06. The van der Waals surface area contributed by atoms with Crippen LogP contribution in [0, 0.1) is 0 Å². The largest absolute Gasteiger partial charge is 0.466 e. The van der Waals surface area contributed by atoms with Gasteiger partial charge in [0, 0.05) is 13.2 Å². The van der Waals surface area contributed by atoms with Gasteiger partial charge in [0.2, 0.25) is 0 Å². The highest BCUT2D eigenvalue weighted by Crippen LogP contribution is 2.19. The number of allylic oxidation sites excluding steroid dienone is 1. The molecule has 0 amide bonds. The molecular weight excluding hydrogens is 168 g/mol. The topological polar surface area (TPSA) is 35.5 Å². The van der Waals surface area contributed by atoms with Crippen molar-refractivity contribution in [1.29, 1.82) is 0 Å². The summed E-state index contributed by atoms with van der Waals surface area (Å²) in [6, 6.07) is 0. The quantitative estimate of drug-likeness (QED) is 0.368. The minimum absolute atomic E-state index is 0.102. The number of esters is 1. The highest BCUT2D eigenvalue weighted by atomic mass is 16.5. The molecule has 1 aliphatic carbocycles. The summed E-state index contributed by atoms with van der Waals surface area (Å²) in [6.45, 7) is 0. The van der Waals surface area contributed by atoms with Crippen LogP contribution in [0.5, 0.6) is 0 Å². The second-order valence-electron chi connectivity index (χ2n) is 2.94. The fraction of sp³-hybridized carbons (Fsp3) is 0.500. The van der Waals surface area contributed by atoms with Gasteiger partial charge >= 0.3 is 5.97 Å². The molecule has 0 radical (unpaired) electrons. The molecule has 1 unspecified atom stereocenters. The number of carbonyl (C=O) groups is 1. The Balaban J connectivity index is 2.59. The van der Waals surface area contributed by atoms with Gasteiger partial charge in [0.25, 0.3) is 0 Å². The fourth-order valence-corrected chi connectivity index (χ4v) is 1.29. The minimum atomic E-state index is -0.292. The second kappa shape index (κ2) is 4.82. The summed E-state index contributed by atoms with van der Waals surface area (Å²) in [4.78, 5) is 10.9. The Labute approximate surface area is 78.0 Å². The lowest BCUT2D eigenvalue weighted by molar-refractivity contribution is -0.134. The number of carbonyl (C=O) groups excluding carboxylic acids is 1. The first-order chi connectivity index (χ1) is 6.26. The van der Waals surface area contributed by atoms with Crippen molar-refractivity contribution in [2.24, 2.45) is 0 Å². The summed E-state index contributed by atoms with van der Waals surface area (Å²) >= 11 is 0. The molecule has 13 heavy (non-hydrogen) atoms. The lowest BCUT2D eigenvalue weighted by Crippen LogP contribution is -2.12. The standard InChI is InChI=1S/C10H14O3/c1-12-9-5-3-4-8(6-9)7-10(11)13-2/h3,5,7,9H,4,6H2,1-2H3/b8-7+. The van der Waals surface area contributed by atoms with Crippen LogP contribution in [-0.2, 0) is 14.3 Å². The van der Waals surface area contributed by atoms with Gasteiger partial charge in [-0.1, -0.05) is 17.7 Å². The van der Waals surface area contributed by atoms with Crippen LogP contribution in [0.3, 0.4) is 0 Å². The van der Waals surface area contributed by atoms with Crippen LogP contribution >= 0.6 is 0 Å². The van der Waals surface area contributed by atoms with E-state index in [2.05, 4.69) is 4.74 Å². The molecule has 1 aliphatic rings. The molecule has 0 bridgehead atoms. The molecule has 0 saturated carbocycles. The number of hydrogen-bond acceptors (Lipinski definition) is 3. The third-order valence-electron chi connectivity index (χ3n) is 2.02. The zero-order valence-electron chi connectivity index (χ0n) is 7.95. The Morgan fingerprint density at radius 1 is 1.62 bits per heavy atom. The summed E-state index contributed by atoms with van der Waals surface area (Å²) in [7, 11) is 3.04. The van der Waals surface area contributed by atoms with Crippen molar-refractivity contribution in [3.05, 3.63) is 23.8 Å². The van der Waals surface area contributed by atoms with Gasteiger partial charge in [-0.15, -0.1) is 0 Å². The van der Waals surface area contributed by atoms with Gasteiger partial charge in [0.1, 0.15) is 0 Å². The van der Waals surface area contributed by atoms with Crippen molar-refractivity contribution in [3.63, 3.8) is 0 Å². The third kappa shape index (κ3) is 3.03. The van der Waals surface area contributed by atoms with Gasteiger partial charge in [-0.05, 0) is 12.8 Å². The maximum atomic E-state index is 10.9. The van der Waals surface area contributed by atoms with Crippen LogP contribution in [0.2, 0.25) is 0 Å². The zero-order chi connectivity index (χ0) is 9.68. The zero-order valence-corrected chi connectivity index (χ0v) is 7.95. The molecule has 3 heteroatoms. The van der Waals surface area contributed by atoms with Crippen molar-refractivity contribution in [3.8, 4) is 0 Å². The Morgan fingerprint density at radius 2 is 2.38 bits per heavy atom. The molecule has 3 nitrogen and oxygen atoms in total. The van der Waals surface area contributed by atoms with Crippen molar-refractivity contribution < 1.29 is 14.3 Å². The summed E-state index contributed by atoms with van der Waals surface area (Å²) in [5.74, 6) is -0.292. The first kappa shape index (κ1) is 9.99. The Morgan fingerprint density at radius 3 is 3.00 bits per heavy atom. The van der Waals surface area contributed by atoms with Gasteiger partial charge in [-0.3, -0.25) is 0 Å². The summed E-state index contributed by atoms with van der Waals surface area (Å²) < 4.78 is 9.70. The molecule has 0 saturated heterocycles. The van der Waals surface area contributed by atoms with Gasteiger partial charge < -0.3 is 9.47 Å². The molecule has 72 valence electrons. The van der Waals surface area contributed by atoms with E-state index in [0.29, 0.717) is 0 Å². The van der Waals surface area contributed by atoms with Crippen molar-refractivity contribution in [2.45, 2.75) is 18.9 Å². The van der Waals surface area contributed by atoms with Gasteiger partial charge in [-0.25, -0.2) is 4.79 Å². The number of methoxy groups -OCH3 is 2. The maximum Gasteiger partial charge on any atom is 0.330 e. The normalized spacial score (nSPS) is 24.8. The number of ether oxygens (including phenoxy) is 2. The molecule has 1 atom stereocenters. The highest BCUT2D eigenvalue weighted by Gasteiger charge is 2.11. The van der Waals surface area contributed by atoms with Crippen molar-refractivity contribution in [2.75, 3.05) is 14.2 Å². The van der Waals surface area contributed by atoms with Gasteiger partial charge in [-0.2, -0.15) is 0 Å². The first-order valence-electron chi connectivity index (χ1n) is 4.23. The molecule has 0 aromatic rings. The van der Waals surface area contributed by atoms with E-state index < -0.39 is 0 Å². The Bertz CT molecular complexity index is 241. The van der Waals surface area contributed by atoms with Gasteiger partial charge in [0.05, 0.1) is 13.2 Å². The van der Waals surface area contributed by atoms with E-state index in [1.54, 1.807) is 7.11 Å². The third-order valence-corrected chi connectivity index (χ3v) is 2.02. The fourth-order valence-electron chi connectivity index (χ4n) is 1.29. The smallest absolute Gasteiger partial charge is 0.330 e. The Hall–Kier alpha value is -1.09. The van der Waals surface area contributed by atoms with Crippen LogP contribution in [0.1, 0.15) is 12.8 Å². The maximum absolute atomic E-state index is 10.9. The average Bonchev–Trinajstić information content (AvgIpc) is 2.18. The predicted molar refractivity (Wildman–Crippen MR) is 49.3 cm³/mol. The van der Waals surface area contributed by atoms with Crippen molar-refractivity contribution >= 4 is 5.97 Å². The minimum Gasteiger partial charge on any atom is -0.466 e. The van der Waals surface area contributed by atoms with E-state index in [-0.39, 0.29) is 12.1 Å². The number of rotatable bonds is 2. The van der Waals surface area contributed by atoms with E-state index in [1.165, 1.54) is 13.2 Å². The Kier molecular flexibility index (Phi) is 3.71. The predicted octanol–water partition coefficient (Wildman–Crippen LogP) is 1.45.